The van der Waals surface area contributed by atoms with Crippen LogP contribution in [0.2, 0.25) is 0 Å². The molecule has 3 heteroatoms. The highest BCUT2D eigenvalue weighted by Crippen LogP contribution is 2.13. The molecule has 0 saturated heterocycles. The number of aliphatic hydroxyl groups excluding tert-OH is 1. The van der Waals surface area contributed by atoms with Crippen LogP contribution in [0.5, 0.6) is 0 Å². The summed E-state index contributed by atoms with van der Waals surface area (Å²) in [5.74, 6) is 0. The van der Waals surface area contributed by atoms with Gasteiger partial charge in [0.2, 0.25) is 0 Å². The Morgan fingerprint density at radius 2 is 1.47 bits per heavy atom. The van der Waals surface area contributed by atoms with Crippen LogP contribution in [0.25, 0.3) is 0 Å². The minimum Gasteiger partial charge on any atom is -0.665 e. The lowest BCUT2D eigenvalue weighted by molar-refractivity contribution is -0.936. The van der Waals surface area contributed by atoms with Crippen LogP contribution in [0.1, 0.15) is 26.3 Å². The average molecular weight is 237 g/mol. The average Bonchev–Trinajstić information content (AvgIpc) is 2.38. The van der Waals surface area contributed by atoms with Crippen LogP contribution in [-0.2, 0) is 11.3 Å². The zero-order valence-corrected chi connectivity index (χ0v) is 11.0. The van der Waals surface area contributed by atoms with Gasteiger partial charge in [0, 0.05) is 5.56 Å². The highest BCUT2D eigenvalue weighted by Gasteiger charge is 2.20. The van der Waals surface area contributed by atoms with Crippen molar-refractivity contribution in [1.82, 2.24) is 0 Å². The van der Waals surface area contributed by atoms with E-state index in [0.29, 0.717) is 6.47 Å². The van der Waals surface area contributed by atoms with Gasteiger partial charge < -0.3 is 14.4 Å². The molecule has 0 unspecified atom stereocenters. The molecular weight excluding hydrogens is 214 g/mol. The summed E-state index contributed by atoms with van der Waals surface area (Å²) in [7, 11) is 0. The largest absolute Gasteiger partial charge is 0.665 e. The van der Waals surface area contributed by atoms with E-state index in [1.165, 1.54) is 36.2 Å². The van der Waals surface area contributed by atoms with E-state index in [-0.39, 0.29) is 0 Å². The standard InChI is InChI=1S/C13H22N.CHO2/c1-4-14(5-2,6-3)12-13-10-8-7-9-11-13;2-1-3/h7-11H,4-6,12H2,1-3H3;(H,2,3)/q+1;-1. The number of hydrogen-bond donors (Lipinski definition) is 1. The van der Waals surface area contributed by atoms with Crippen molar-refractivity contribution in [2.45, 2.75) is 27.3 Å². The molecule has 1 aromatic rings. The van der Waals surface area contributed by atoms with Crippen molar-refractivity contribution in [2.24, 2.45) is 0 Å². The summed E-state index contributed by atoms with van der Waals surface area (Å²) in [6, 6.07) is 10.8. The van der Waals surface area contributed by atoms with Gasteiger partial charge in [-0.2, -0.15) is 0 Å². The molecule has 0 fully saturated rings. The minimum atomic E-state index is 0.500. The first-order chi connectivity index (χ1) is 8.17. The van der Waals surface area contributed by atoms with Crippen molar-refractivity contribution in [1.29, 1.82) is 0 Å². The maximum atomic E-state index is 8.24. The quantitative estimate of drug-likeness (QED) is 0.631. The van der Waals surface area contributed by atoms with E-state index in [0.717, 1.165) is 0 Å². The molecule has 0 heterocycles. The third kappa shape index (κ3) is 5.50. The Morgan fingerprint density at radius 3 is 1.82 bits per heavy atom. The third-order valence-electron chi connectivity index (χ3n) is 3.37. The molecule has 1 N–H and O–H groups in total. The topological polar surface area (TPSA) is 37.3 Å². The summed E-state index contributed by atoms with van der Waals surface area (Å²) in [5.41, 5.74) is 1.46. The number of hydrogen-bond acceptors (Lipinski definition) is 1. The zero-order valence-electron chi connectivity index (χ0n) is 11.0. The fourth-order valence-electron chi connectivity index (χ4n) is 1.98. The van der Waals surface area contributed by atoms with Crippen LogP contribution >= 0.6 is 0 Å². The first-order valence-corrected chi connectivity index (χ1v) is 6.08. The molecule has 0 aliphatic heterocycles. The van der Waals surface area contributed by atoms with Crippen molar-refractivity contribution in [3.63, 3.8) is 0 Å². The molecule has 0 bridgehead atoms. The Bertz CT molecular complexity index is 286. The number of nitrogens with zero attached hydrogens (tertiary/aromatic N) is 1. The van der Waals surface area contributed by atoms with Crippen molar-refractivity contribution >= 4 is 6.47 Å². The molecule has 0 atom stereocenters. The van der Waals surface area contributed by atoms with Gasteiger partial charge in [-0.15, -0.1) is 0 Å². The van der Waals surface area contributed by atoms with Gasteiger partial charge in [0.1, 0.15) is 6.54 Å². The Kier molecular flexibility index (Phi) is 8.07. The number of benzene rings is 1. The molecule has 0 aromatic heterocycles. The summed E-state index contributed by atoms with van der Waals surface area (Å²) in [6.45, 7) is 12.2. The molecule has 0 radical (unpaired) electrons. The van der Waals surface area contributed by atoms with Gasteiger partial charge in [-0.05, 0) is 20.8 Å². The number of quaternary nitrogens is 1. The predicted molar refractivity (Wildman–Crippen MR) is 70.4 cm³/mol. The van der Waals surface area contributed by atoms with E-state index >= 15 is 0 Å². The van der Waals surface area contributed by atoms with Gasteiger partial charge in [0.15, 0.2) is 0 Å². The molecule has 1 aromatic carbocycles. The Morgan fingerprint density at radius 1 is 1.06 bits per heavy atom. The SMILES string of the molecule is CC[N+](CC)(CC)Cc1ccccc1.O=[C-]O. The van der Waals surface area contributed by atoms with E-state index in [1.807, 2.05) is 0 Å². The van der Waals surface area contributed by atoms with E-state index in [2.05, 4.69) is 51.1 Å². The van der Waals surface area contributed by atoms with Crippen LogP contribution in [0.15, 0.2) is 30.3 Å². The lowest BCUT2D eigenvalue weighted by Crippen LogP contribution is -2.46. The van der Waals surface area contributed by atoms with Crippen molar-refractivity contribution in [2.75, 3.05) is 19.6 Å². The molecule has 3 nitrogen and oxygen atoms in total. The summed E-state index contributed by atoms with van der Waals surface area (Å²) in [5, 5.41) is 6.76. The normalized spacial score (nSPS) is 10.3. The first-order valence-electron chi connectivity index (χ1n) is 6.08. The first kappa shape index (κ1) is 15.7. The van der Waals surface area contributed by atoms with E-state index < -0.39 is 0 Å². The summed E-state index contributed by atoms with van der Waals surface area (Å²) in [4.78, 5) is 8.24. The maximum Gasteiger partial charge on any atom is 0.104 e. The molecule has 0 aliphatic carbocycles. The monoisotopic (exact) mass is 237 g/mol. The molecule has 0 amide bonds. The van der Waals surface area contributed by atoms with Crippen molar-refractivity contribution in [3.05, 3.63) is 35.9 Å². The second-order valence-corrected chi connectivity index (χ2v) is 4.03. The number of rotatable bonds is 5. The zero-order chi connectivity index (χ0) is 13.1. The van der Waals surface area contributed by atoms with Crippen LogP contribution in [0.4, 0.5) is 0 Å². The minimum absolute atomic E-state index is 0.500. The lowest BCUT2D eigenvalue weighted by Gasteiger charge is -2.35. The van der Waals surface area contributed by atoms with Gasteiger partial charge in [0.25, 0.3) is 0 Å². The maximum absolute atomic E-state index is 8.24. The summed E-state index contributed by atoms with van der Waals surface area (Å²) >= 11 is 0. The highest BCUT2D eigenvalue weighted by atomic mass is 16.3. The van der Waals surface area contributed by atoms with E-state index in [4.69, 9.17) is 9.90 Å². The third-order valence-corrected chi connectivity index (χ3v) is 3.37. The Hall–Kier alpha value is -1.35. The van der Waals surface area contributed by atoms with E-state index in [1.54, 1.807) is 0 Å². The van der Waals surface area contributed by atoms with Gasteiger partial charge >= 0.3 is 0 Å². The highest BCUT2D eigenvalue weighted by molar-refractivity contribution is 5.34. The van der Waals surface area contributed by atoms with E-state index in [9.17, 15) is 0 Å². The second-order valence-electron chi connectivity index (χ2n) is 4.03. The lowest BCUT2D eigenvalue weighted by atomic mass is 10.2. The molecule has 17 heavy (non-hydrogen) atoms. The Balaban J connectivity index is 0.000000770. The van der Waals surface area contributed by atoms with Crippen molar-refractivity contribution < 1.29 is 14.4 Å². The van der Waals surface area contributed by atoms with Gasteiger partial charge in [-0.3, -0.25) is 0 Å². The molecule has 96 valence electrons. The van der Waals surface area contributed by atoms with Crippen LogP contribution in [0.3, 0.4) is 0 Å². The van der Waals surface area contributed by atoms with Gasteiger partial charge in [-0.1, -0.05) is 36.8 Å². The molecule has 0 spiro atoms. The second kappa shape index (κ2) is 8.76. The predicted octanol–water partition coefficient (Wildman–Crippen LogP) is 2.67. The van der Waals surface area contributed by atoms with Crippen LogP contribution in [0, 0.1) is 0 Å². The van der Waals surface area contributed by atoms with Gasteiger partial charge in [0.05, 0.1) is 19.6 Å². The molecule has 0 aliphatic rings. The van der Waals surface area contributed by atoms with Crippen molar-refractivity contribution in [3.8, 4) is 0 Å². The smallest absolute Gasteiger partial charge is 0.104 e. The van der Waals surface area contributed by atoms with Crippen LogP contribution < -0.4 is 0 Å². The van der Waals surface area contributed by atoms with Gasteiger partial charge in [-0.25, -0.2) is 0 Å². The fourth-order valence-corrected chi connectivity index (χ4v) is 1.98. The Labute approximate surface area is 104 Å². The van der Waals surface area contributed by atoms with Crippen LogP contribution in [-0.4, -0.2) is 35.7 Å². The molecule has 0 saturated carbocycles. The molecular formula is C14H23NO2. The summed E-state index contributed by atoms with van der Waals surface area (Å²) in [6.07, 6.45) is 0. The summed E-state index contributed by atoms with van der Waals surface area (Å²) < 4.78 is 1.20. The molecule has 1 rings (SSSR count). The fraction of sp³-hybridized carbons (Fsp3) is 0.500.